The predicted molar refractivity (Wildman–Crippen MR) is 109 cm³/mol. The molecule has 0 spiro atoms. The molecule has 0 radical (unpaired) electrons. The minimum atomic E-state index is -3.16. The van der Waals surface area contributed by atoms with Crippen molar-refractivity contribution in [3.8, 4) is 0 Å². The van der Waals surface area contributed by atoms with E-state index in [0.717, 1.165) is 16.8 Å². The SMILES string of the molecule is CC(C)(CNc1ccc(C2=CCN(S(C)(=O)=O)CC2)nn1)c1ccc(F)cc1. The minimum Gasteiger partial charge on any atom is -0.368 e. The van der Waals surface area contributed by atoms with Gasteiger partial charge >= 0.3 is 0 Å². The number of aromatic nitrogens is 2. The smallest absolute Gasteiger partial charge is 0.211 e. The summed E-state index contributed by atoms with van der Waals surface area (Å²) >= 11 is 0. The first-order chi connectivity index (χ1) is 13.1. The van der Waals surface area contributed by atoms with Crippen LogP contribution in [0, 0.1) is 5.82 Å². The van der Waals surface area contributed by atoms with Gasteiger partial charge in [0.1, 0.15) is 11.6 Å². The van der Waals surface area contributed by atoms with E-state index in [1.807, 2.05) is 18.2 Å². The Kier molecular flexibility index (Phi) is 5.81. The van der Waals surface area contributed by atoms with Crippen LogP contribution in [-0.2, 0) is 15.4 Å². The molecule has 1 N–H and O–H groups in total. The second kappa shape index (κ2) is 7.97. The molecule has 0 amide bonds. The van der Waals surface area contributed by atoms with Crippen molar-refractivity contribution in [1.29, 1.82) is 0 Å². The zero-order valence-corrected chi connectivity index (χ0v) is 17.1. The van der Waals surface area contributed by atoms with E-state index in [2.05, 4.69) is 29.4 Å². The second-order valence-electron chi connectivity index (χ2n) is 7.65. The third-order valence-corrected chi connectivity index (χ3v) is 6.24. The third-order valence-electron chi connectivity index (χ3n) is 4.97. The van der Waals surface area contributed by atoms with Gasteiger partial charge in [0.15, 0.2) is 0 Å². The topological polar surface area (TPSA) is 75.2 Å². The van der Waals surface area contributed by atoms with Crippen LogP contribution in [0.4, 0.5) is 10.2 Å². The molecule has 1 aliphatic heterocycles. The number of benzene rings is 1. The van der Waals surface area contributed by atoms with Crippen LogP contribution in [0.1, 0.15) is 31.5 Å². The van der Waals surface area contributed by atoms with Crippen LogP contribution in [0.15, 0.2) is 42.5 Å². The predicted octanol–water partition coefficient (Wildman–Crippen LogP) is 3.05. The third kappa shape index (κ3) is 4.94. The molecule has 3 rings (SSSR count). The Bertz CT molecular complexity index is 955. The van der Waals surface area contributed by atoms with Crippen LogP contribution >= 0.6 is 0 Å². The fourth-order valence-corrected chi connectivity index (χ4v) is 3.87. The van der Waals surface area contributed by atoms with Gasteiger partial charge in [0.05, 0.1) is 11.9 Å². The Morgan fingerprint density at radius 1 is 1.14 bits per heavy atom. The highest BCUT2D eigenvalue weighted by Crippen LogP contribution is 2.25. The number of nitrogens with one attached hydrogen (secondary N) is 1. The highest BCUT2D eigenvalue weighted by molar-refractivity contribution is 7.88. The van der Waals surface area contributed by atoms with Gasteiger partial charge in [-0.05, 0) is 41.8 Å². The molecular weight excluding hydrogens is 379 g/mol. The van der Waals surface area contributed by atoms with Gasteiger partial charge in [-0.15, -0.1) is 10.2 Å². The average molecular weight is 405 g/mol. The van der Waals surface area contributed by atoms with Gasteiger partial charge in [-0.3, -0.25) is 0 Å². The van der Waals surface area contributed by atoms with Crippen molar-refractivity contribution in [2.45, 2.75) is 25.7 Å². The summed E-state index contributed by atoms with van der Waals surface area (Å²) in [6, 6.07) is 10.3. The monoisotopic (exact) mass is 404 g/mol. The average Bonchev–Trinajstić information content (AvgIpc) is 2.67. The Labute approximate surface area is 165 Å². The molecule has 2 heterocycles. The van der Waals surface area contributed by atoms with Crippen LogP contribution < -0.4 is 5.32 Å². The summed E-state index contributed by atoms with van der Waals surface area (Å²) in [5.74, 6) is 0.416. The fourth-order valence-electron chi connectivity index (χ4n) is 3.10. The number of sulfonamides is 1. The summed E-state index contributed by atoms with van der Waals surface area (Å²) in [6.07, 6.45) is 3.73. The van der Waals surface area contributed by atoms with Gasteiger partial charge in [0.25, 0.3) is 0 Å². The molecule has 0 saturated carbocycles. The van der Waals surface area contributed by atoms with E-state index < -0.39 is 10.0 Å². The maximum absolute atomic E-state index is 13.1. The maximum Gasteiger partial charge on any atom is 0.211 e. The van der Waals surface area contributed by atoms with Gasteiger partial charge in [-0.2, -0.15) is 4.31 Å². The molecule has 8 heteroatoms. The lowest BCUT2D eigenvalue weighted by Gasteiger charge is -2.26. The Morgan fingerprint density at radius 3 is 2.39 bits per heavy atom. The molecule has 0 unspecified atom stereocenters. The normalized spacial score (nSPS) is 15.9. The molecule has 150 valence electrons. The molecule has 28 heavy (non-hydrogen) atoms. The summed E-state index contributed by atoms with van der Waals surface area (Å²) in [7, 11) is -3.16. The van der Waals surface area contributed by atoms with Crippen LogP contribution in [0.2, 0.25) is 0 Å². The molecule has 0 aliphatic carbocycles. The van der Waals surface area contributed by atoms with E-state index in [1.165, 1.54) is 22.7 Å². The van der Waals surface area contributed by atoms with Crippen molar-refractivity contribution in [3.05, 3.63) is 59.5 Å². The van der Waals surface area contributed by atoms with Gasteiger partial charge in [0, 0.05) is 25.0 Å². The van der Waals surface area contributed by atoms with Crippen LogP contribution in [0.5, 0.6) is 0 Å². The lowest BCUT2D eigenvalue weighted by molar-refractivity contribution is 0.445. The molecule has 0 atom stereocenters. The number of halogens is 1. The summed E-state index contributed by atoms with van der Waals surface area (Å²) in [5.41, 5.74) is 2.60. The summed E-state index contributed by atoms with van der Waals surface area (Å²) in [5, 5.41) is 11.8. The van der Waals surface area contributed by atoms with E-state index >= 15 is 0 Å². The summed E-state index contributed by atoms with van der Waals surface area (Å²) in [6.45, 7) is 5.60. The first kappa shape index (κ1) is 20.4. The van der Waals surface area contributed by atoms with Crippen molar-refractivity contribution in [2.24, 2.45) is 0 Å². The van der Waals surface area contributed by atoms with E-state index in [4.69, 9.17) is 0 Å². The Balaban J connectivity index is 1.62. The molecule has 2 aromatic rings. The number of nitrogens with zero attached hydrogens (tertiary/aromatic N) is 3. The zero-order valence-electron chi connectivity index (χ0n) is 16.3. The van der Waals surface area contributed by atoms with E-state index in [0.29, 0.717) is 31.9 Å². The Morgan fingerprint density at radius 2 is 1.86 bits per heavy atom. The standard InChI is InChI=1S/C20H25FN4O2S/c1-20(2,16-4-6-17(21)7-5-16)14-22-19-9-8-18(23-24-19)15-10-12-25(13-11-15)28(3,26)27/h4-10H,11-14H2,1-3H3,(H,22,24). The van der Waals surface area contributed by atoms with Crippen LogP contribution in [0.25, 0.3) is 5.57 Å². The lowest BCUT2D eigenvalue weighted by atomic mass is 9.84. The molecule has 1 aromatic heterocycles. The summed E-state index contributed by atoms with van der Waals surface area (Å²) < 4.78 is 37.7. The van der Waals surface area contributed by atoms with Crippen molar-refractivity contribution < 1.29 is 12.8 Å². The van der Waals surface area contributed by atoms with E-state index in [9.17, 15) is 12.8 Å². The van der Waals surface area contributed by atoms with Crippen molar-refractivity contribution in [2.75, 3.05) is 31.2 Å². The van der Waals surface area contributed by atoms with Gasteiger partial charge in [0.2, 0.25) is 10.0 Å². The van der Waals surface area contributed by atoms with E-state index in [1.54, 1.807) is 12.1 Å². The quantitative estimate of drug-likeness (QED) is 0.801. The minimum absolute atomic E-state index is 0.199. The molecular formula is C20H25FN4O2S. The number of anilines is 1. The molecule has 0 fully saturated rings. The van der Waals surface area contributed by atoms with Gasteiger partial charge < -0.3 is 5.32 Å². The van der Waals surface area contributed by atoms with Gasteiger partial charge in [-0.25, -0.2) is 12.8 Å². The highest BCUT2D eigenvalue weighted by atomic mass is 32.2. The van der Waals surface area contributed by atoms with Crippen molar-refractivity contribution >= 4 is 21.4 Å². The fraction of sp³-hybridized carbons (Fsp3) is 0.400. The maximum atomic E-state index is 13.1. The van der Waals surface area contributed by atoms with Crippen LogP contribution in [-0.4, -0.2) is 48.8 Å². The summed E-state index contributed by atoms with van der Waals surface area (Å²) in [4.78, 5) is 0. The second-order valence-corrected chi connectivity index (χ2v) is 9.63. The van der Waals surface area contributed by atoms with Crippen molar-refractivity contribution in [3.63, 3.8) is 0 Å². The zero-order chi connectivity index (χ0) is 20.4. The first-order valence-corrected chi connectivity index (χ1v) is 11.0. The Hall–Kier alpha value is -2.32. The van der Waals surface area contributed by atoms with Gasteiger partial charge in [-0.1, -0.05) is 32.1 Å². The number of rotatable bonds is 6. The van der Waals surface area contributed by atoms with Crippen LogP contribution in [0.3, 0.4) is 0 Å². The lowest BCUT2D eigenvalue weighted by Crippen LogP contribution is -2.33. The largest absolute Gasteiger partial charge is 0.368 e. The number of hydrogen-bond donors (Lipinski definition) is 1. The first-order valence-electron chi connectivity index (χ1n) is 9.13. The molecule has 0 saturated heterocycles. The molecule has 1 aliphatic rings. The molecule has 6 nitrogen and oxygen atoms in total. The number of hydrogen-bond acceptors (Lipinski definition) is 5. The van der Waals surface area contributed by atoms with E-state index in [-0.39, 0.29) is 11.2 Å². The highest BCUT2D eigenvalue weighted by Gasteiger charge is 2.22. The molecule has 0 bridgehead atoms. The van der Waals surface area contributed by atoms with Crippen molar-refractivity contribution in [1.82, 2.24) is 14.5 Å². The molecule has 1 aromatic carbocycles.